The molecule has 3 aromatic carbocycles. The molecule has 2 saturated heterocycles. The molecule has 6 aromatic rings. The highest BCUT2D eigenvalue weighted by Crippen LogP contribution is 2.43. The van der Waals surface area contributed by atoms with Gasteiger partial charge in [0, 0.05) is 102 Å². The minimum Gasteiger partial charge on any atom is -0.496 e. The van der Waals surface area contributed by atoms with Crippen molar-refractivity contribution in [1.82, 2.24) is 35.6 Å². The van der Waals surface area contributed by atoms with Gasteiger partial charge in [-0.1, -0.05) is 71.2 Å². The number of halogens is 3. The first-order valence-electron chi connectivity index (χ1n) is 18.4. The molecule has 56 heavy (non-hydrogen) atoms. The lowest BCUT2D eigenvalue weighted by molar-refractivity contribution is -0.120. The summed E-state index contributed by atoms with van der Waals surface area (Å²) in [5.74, 6) is 0.814. The molecular formula is C42H38Cl3N7O4. The van der Waals surface area contributed by atoms with E-state index in [-0.39, 0.29) is 29.5 Å². The normalized spacial score (nSPS) is 16.8. The number of nitrogens with zero attached hydrogens (tertiary/aromatic N) is 3. The molecule has 5 heterocycles. The molecule has 14 heteroatoms. The lowest BCUT2D eigenvalue weighted by atomic mass is 9.97. The molecule has 2 amide bonds. The van der Waals surface area contributed by atoms with E-state index in [4.69, 9.17) is 44.5 Å². The van der Waals surface area contributed by atoms with E-state index in [0.29, 0.717) is 87.8 Å². The van der Waals surface area contributed by atoms with Gasteiger partial charge in [-0.3, -0.25) is 18.8 Å². The van der Waals surface area contributed by atoms with Gasteiger partial charge in [0.05, 0.1) is 33.4 Å². The van der Waals surface area contributed by atoms with Gasteiger partial charge in [-0.2, -0.15) is 0 Å². The van der Waals surface area contributed by atoms with Gasteiger partial charge >= 0.3 is 0 Å². The van der Waals surface area contributed by atoms with Crippen LogP contribution in [-0.4, -0.2) is 58.5 Å². The van der Waals surface area contributed by atoms with Crippen LogP contribution in [0.2, 0.25) is 15.1 Å². The Balaban J connectivity index is 1.04. The second-order valence-electron chi connectivity index (χ2n) is 14.1. The van der Waals surface area contributed by atoms with Crippen molar-refractivity contribution in [1.29, 1.82) is 0 Å². The standard InChI is InChI=1S/C42H38Cl3N7O4/c1-56-41-24(18-46-21-26-8-12-36(53)49-26)16-33(43)40-32(41)10-11-34(51-40)31-7-3-6-30(39(31)45)29-5-2-4-28(38(29)44)23-14-15-52-35(17-23)48-20-25(42(52)55)19-47-22-27-9-13-37(54)50-27/h2-7,10-11,14-17,20,26-27,46-47H,8-9,12-13,18-19,21-22H2,1H3,(H,49,53)(H,50,54). The molecule has 8 rings (SSSR count). The van der Waals surface area contributed by atoms with Crippen molar-refractivity contribution in [2.24, 2.45) is 0 Å². The van der Waals surface area contributed by atoms with Crippen LogP contribution in [0.5, 0.6) is 5.75 Å². The molecule has 286 valence electrons. The van der Waals surface area contributed by atoms with Crippen LogP contribution in [0.25, 0.3) is 50.1 Å². The average molecular weight is 811 g/mol. The molecule has 0 radical (unpaired) electrons. The smallest absolute Gasteiger partial charge is 0.262 e. The van der Waals surface area contributed by atoms with Crippen molar-refractivity contribution >= 4 is 63.2 Å². The fourth-order valence-corrected chi connectivity index (χ4v) is 8.47. The maximum atomic E-state index is 13.3. The quantitative estimate of drug-likeness (QED) is 0.104. The number of pyridine rings is 2. The number of hydrogen-bond acceptors (Lipinski definition) is 8. The van der Waals surface area contributed by atoms with Crippen LogP contribution in [0.1, 0.15) is 36.8 Å². The minimum absolute atomic E-state index is 0.0571. The van der Waals surface area contributed by atoms with E-state index in [0.717, 1.165) is 46.0 Å². The summed E-state index contributed by atoms with van der Waals surface area (Å²) in [4.78, 5) is 45.9. The summed E-state index contributed by atoms with van der Waals surface area (Å²) in [5, 5.41) is 14.8. The molecule has 3 aromatic heterocycles. The largest absolute Gasteiger partial charge is 0.496 e. The maximum absolute atomic E-state index is 13.3. The zero-order chi connectivity index (χ0) is 38.9. The molecule has 2 fully saturated rings. The van der Waals surface area contributed by atoms with Crippen LogP contribution >= 0.6 is 34.8 Å². The number of ether oxygens (including phenoxy) is 1. The Morgan fingerprint density at radius 1 is 0.786 bits per heavy atom. The third-order valence-electron chi connectivity index (χ3n) is 10.4. The number of fused-ring (bicyclic) bond motifs is 2. The molecule has 2 unspecified atom stereocenters. The summed E-state index contributed by atoms with van der Waals surface area (Å²) >= 11 is 21.2. The van der Waals surface area contributed by atoms with E-state index in [1.807, 2.05) is 66.7 Å². The SMILES string of the molecule is COc1c(CNCC2CCC(=O)N2)cc(Cl)c2nc(-c3cccc(-c4cccc(-c5ccn6c(=O)c(CNCC7CCC(=O)N7)cnc6c5)c4Cl)c3Cl)ccc12. The van der Waals surface area contributed by atoms with E-state index in [1.54, 1.807) is 19.5 Å². The number of carbonyl (C=O) groups is 2. The second kappa shape index (κ2) is 16.2. The molecule has 2 aliphatic rings. The Hall–Kier alpha value is -5.04. The molecular weight excluding hydrogens is 773 g/mol. The molecule has 0 spiro atoms. The second-order valence-corrected chi connectivity index (χ2v) is 15.2. The average Bonchev–Trinajstić information content (AvgIpc) is 3.82. The number of aromatic nitrogens is 3. The lowest BCUT2D eigenvalue weighted by Gasteiger charge is -2.17. The zero-order valence-electron chi connectivity index (χ0n) is 30.4. The molecule has 0 aliphatic carbocycles. The van der Waals surface area contributed by atoms with Gasteiger partial charge < -0.3 is 26.0 Å². The van der Waals surface area contributed by atoms with Crippen LogP contribution < -0.4 is 31.6 Å². The highest BCUT2D eigenvalue weighted by atomic mass is 35.5. The van der Waals surface area contributed by atoms with Gasteiger partial charge in [0.2, 0.25) is 11.8 Å². The zero-order valence-corrected chi connectivity index (χ0v) is 32.7. The fourth-order valence-electron chi connectivity index (χ4n) is 7.53. The van der Waals surface area contributed by atoms with Gasteiger partial charge in [0.1, 0.15) is 11.4 Å². The van der Waals surface area contributed by atoms with Crippen molar-refractivity contribution in [3.8, 4) is 39.3 Å². The fraction of sp³-hybridized carbons (Fsp3) is 0.262. The van der Waals surface area contributed by atoms with Crippen LogP contribution in [0.3, 0.4) is 0 Å². The molecule has 2 aliphatic heterocycles. The number of hydrogen-bond donors (Lipinski definition) is 4. The number of nitrogens with one attached hydrogen (secondary N) is 4. The van der Waals surface area contributed by atoms with Gasteiger partial charge in [-0.25, -0.2) is 9.97 Å². The molecule has 2 atom stereocenters. The van der Waals surface area contributed by atoms with E-state index in [1.165, 1.54) is 4.40 Å². The van der Waals surface area contributed by atoms with Gasteiger partial charge in [0.25, 0.3) is 5.56 Å². The van der Waals surface area contributed by atoms with E-state index in [2.05, 4.69) is 26.3 Å². The molecule has 4 N–H and O–H groups in total. The van der Waals surface area contributed by atoms with Crippen molar-refractivity contribution in [2.75, 3.05) is 20.2 Å². The van der Waals surface area contributed by atoms with Crippen LogP contribution in [0, 0.1) is 0 Å². The van der Waals surface area contributed by atoms with Crippen molar-refractivity contribution < 1.29 is 14.3 Å². The number of carbonyl (C=O) groups excluding carboxylic acids is 2. The Bertz CT molecular complexity index is 2580. The highest BCUT2D eigenvalue weighted by Gasteiger charge is 2.23. The molecule has 11 nitrogen and oxygen atoms in total. The number of rotatable bonds is 12. The lowest BCUT2D eigenvalue weighted by Crippen LogP contribution is -2.36. The Labute approximate surface area is 337 Å². The predicted molar refractivity (Wildman–Crippen MR) is 220 cm³/mol. The van der Waals surface area contributed by atoms with Crippen molar-refractivity contribution in [3.05, 3.63) is 116 Å². The Morgan fingerprint density at radius 3 is 2.05 bits per heavy atom. The monoisotopic (exact) mass is 809 g/mol. The summed E-state index contributed by atoms with van der Waals surface area (Å²) in [6.07, 6.45) is 5.97. The highest BCUT2D eigenvalue weighted by molar-refractivity contribution is 6.39. The summed E-state index contributed by atoms with van der Waals surface area (Å²) in [6.45, 7) is 2.09. The molecule has 0 saturated carbocycles. The van der Waals surface area contributed by atoms with Crippen LogP contribution in [0.15, 0.2) is 83.9 Å². The van der Waals surface area contributed by atoms with Crippen LogP contribution in [0.4, 0.5) is 0 Å². The summed E-state index contributed by atoms with van der Waals surface area (Å²) in [5.41, 5.74) is 6.67. The Kier molecular flexibility index (Phi) is 11.0. The van der Waals surface area contributed by atoms with E-state index < -0.39 is 0 Å². The third kappa shape index (κ3) is 7.57. The maximum Gasteiger partial charge on any atom is 0.262 e. The van der Waals surface area contributed by atoms with E-state index in [9.17, 15) is 14.4 Å². The summed E-state index contributed by atoms with van der Waals surface area (Å²) < 4.78 is 7.36. The first kappa shape index (κ1) is 37.9. The van der Waals surface area contributed by atoms with Crippen LogP contribution in [-0.2, 0) is 22.7 Å². The van der Waals surface area contributed by atoms with Crippen molar-refractivity contribution in [2.45, 2.75) is 50.9 Å². The predicted octanol–water partition coefficient (Wildman–Crippen LogP) is 6.95. The van der Waals surface area contributed by atoms with Gasteiger partial charge in [-0.15, -0.1) is 0 Å². The summed E-state index contributed by atoms with van der Waals surface area (Å²) in [7, 11) is 1.63. The summed E-state index contributed by atoms with van der Waals surface area (Å²) in [6, 6.07) is 21.1. The topological polar surface area (TPSA) is 139 Å². The van der Waals surface area contributed by atoms with Crippen molar-refractivity contribution in [3.63, 3.8) is 0 Å². The number of methoxy groups -OCH3 is 1. The number of benzene rings is 3. The Morgan fingerprint density at radius 2 is 1.41 bits per heavy atom. The minimum atomic E-state index is -0.167. The number of amides is 2. The first-order chi connectivity index (χ1) is 27.2. The molecule has 0 bridgehead atoms. The first-order valence-corrected chi connectivity index (χ1v) is 19.6. The third-order valence-corrected chi connectivity index (χ3v) is 11.5. The van der Waals surface area contributed by atoms with Gasteiger partial charge in [0.15, 0.2) is 0 Å². The van der Waals surface area contributed by atoms with E-state index >= 15 is 0 Å². The van der Waals surface area contributed by atoms with Gasteiger partial charge in [-0.05, 0) is 48.7 Å².